The van der Waals surface area contributed by atoms with Crippen molar-refractivity contribution in [2.75, 3.05) is 13.7 Å². The molecule has 116 valence electrons. The van der Waals surface area contributed by atoms with E-state index in [1.54, 1.807) is 31.4 Å². The van der Waals surface area contributed by atoms with Gasteiger partial charge in [-0.2, -0.15) is 0 Å². The highest BCUT2D eigenvalue weighted by molar-refractivity contribution is 5.79. The number of hydrogen-bond acceptors (Lipinski definition) is 7. The van der Waals surface area contributed by atoms with Crippen LogP contribution in [0.3, 0.4) is 0 Å². The highest BCUT2D eigenvalue weighted by Crippen LogP contribution is 2.22. The van der Waals surface area contributed by atoms with Gasteiger partial charge in [0.25, 0.3) is 0 Å². The van der Waals surface area contributed by atoms with Crippen molar-refractivity contribution >= 4 is 6.21 Å². The van der Waals surface area contributed by atoms with E-state index in [4.69, 9.17) is 14.6 Å². The third-order valence-corrected chi connectivity index (χ3v) is 3.38. The zero-order valence-electron chi connectivity index (χ0n) is 11.5. The van der Waals surface area contributed by atoms with Crippen molar-refractivity contribution < 1.29 is 29.9 Å². The lowest BCUT2D eigenvalue weighted by molar-refractivity contribution is -0.248. The summed E-state index contributed by atoms with van der Waals surface area (Å²) in [4.78, 5) is 4.06. The Morgan fingerprint density at radius 3 is 2.43 bits per heavy atom. The maximum atomic E-state index is 9.93. The topological polar surface area (TPSA) is 112 Å². The Morgan fingerprint density at radius 2 is 1.86 bits per heavy atom. The maximum Gasteiger partial charge on any atom is 0.180 e. The smallest absolute Gasteiger partial charge is 0.180 e. The van der Waals surface area contributed by atoms with Gasteiger partial charge in [0.15, 0.2) is 6.29 Å². The van der Waals surface area contributed by atoms with E-state index in [1.807, 2.05) is 0 Å². The first-order valence-corrected chi connectivity index (χ1v) is 6.54. The molecule has 5 atom stereocenters. The summed E-state index contributed by atoms with van der Waals surface area (Å²) in [5.41, 5.74) is 0.744. The average molecular weight is 297 g/mol. The number of nitrogens with zero attached hydrogens (tertiary/aromatic N) is 1. The fourth-order valence-corrected chi connectivity index (χ4v) is 2.11. The molecule has 4 N–H and O–H groups in total. The van der Waals surface area contributed by atoms with Crippen LogP contribution in [0.15, 0.2) is 29.3 Å². The van der Waals surface area contributed by atoms with Gasteiger partial charge in [-0.25, -0.2) is 0 Å². The van der Waals surface area contributed by atoms with E-state index in [9.17, 15) is 15.3 Å². The number of aliphatic hydroxyl groups excluding tert-OH is 4. The molecule has 2 rings (SSSR count). The van der Waals surface area contributed by atoms with Crippen LogP contribution >= 0.6 is 0 Å². The Hall–Kier alpha value is -1.51. The molecule has 0 aliphatic carbocycles. The summed E-state index contributed by atoms with van der Waals surface area (Å²) in [7, 11) is 1.56. The van der Waals surface area contributed by atoms with Gasteiger partial charge >= 0.3 is 0 Å². The van der Waals surface area contributed by atoms with Gasteiger partial charge in [0, 0.05) is 6.21 Å². The number of ether oxygens (including phenoxy) is 2. The zero-order valence-corrected chi connectivity index (χ0v) is 11.5. The van der Waals surface area contributed by atoms with Gasteiger partial charge in [-0.05, 0) is 29.8 Å². The third kappa shape index (κ3) is 3.58. The lowest BCUT2D eigenvalue weighted by Gasteiger charge is -2.38. The van der Waals surface area contributed by atoms with Gasteiger partial charge in [-0.15, -0.1) is 0 Å². The van der Waals surface area contributed by atoms with Crippen LogP contribution in [0.5, 0.6) is 5.75 Å². The first kappa shape index (κ1) is 15.9. The highest BCUT2D eigenvalue weighted by atomic mass is 16.6. The number of aliphatic hydroxyl groups is 4. The van der Waals surface area contributed by atoms with Gasteiger partial charge < -0.3 is 29.9 Å². The molecule has 1 aromatic carbocycles. The standard InChI is InChI=1S/C14H19NO6/c1-20-9-4-2-8(3-5-9)6-15-11-13(18)12(17)10(7-16)21-14(11)19/h2-6,10-14,16-19H,7H2,1H3/b15-6+/t10?,11-,12+,13?,14+/m0/s1. The van der Waals surface area contributed by atoms with E-state index in [2.05, 4.69) is 4.99 Å². The molecule has 1 heterocycles. The average Bonchev–Trinajstić information content (AvgIpc) is 2.51. The van der Waals surface area contributed by atoms with E-state index in [0.29, 0.717) is 5.75 Å². The van der Waals surface area contributed by atoms with E-state index >= 15 is 0 Å². The van der Waals surface area contributed by atoms with Crippen LogP contribution in [0.1, 0.15) is 5.56 Å². The first-order valence-electron chi connectivity index (χ1n) is 6.54. The Kier molecular flexibility index (Phi) is 5.27. The molecule has 1 saturated heterocycles. The highest BCUT2D eigenvalue weighted by Gasteiger charge is 2.43. The number of rotatable bonds is 4. The van der Waals surface area contributed by atoms with E-state index in [1.165, 1.54) is 6.21 Å². The third-order valence-electron chi connectivity index (χ3n) is 3.38. The second-order valence-electron chi connectivity index (χ2n) is 4.77. The van der Waals surface area contributed by atoms with Crippen molar-refractivity contribution in [3.63, 3.8) is 0 Å². The normalized spacial score (nSPS) is 33.3. The monoisotopic (exact) mass is 297 g/mol. The number of benzene rings is 1. The van der Waals surface area contributed by atoms with Crippen molar-refractivity contribution in [2.24, 2.45) is 4.99 Å². The molecule has 0 saturated carbocycles. The fourth-order valence-electron chi connectivity index (χ4n) is 2.11. The molecule has 1 aliphatic rings. The summed E-state index contributed by atoms with van der Waals surface area (Å²) in [6, 6.07) is 6.00. The summed E-state index contributed by atoms with van der Waals surface area (Å²) >= 11 is 0. The molecular formula is C14H19NO6. The fraction of sp³-hybridized carbons (Fsp3) is 0.500. The molecule has 7 heteroatoms. The van der Waals surface area contributed by atoms with Crippen LogP contribution in [0.2, 0.25) is 0 Å². The predicted molar refractivity (Wildman–Crippen MR) is 74.4 cm³/mol. The van der Waals surface area contributed by atoms with Gasteiger partial charge in [-0.3, -0.25) is 4.99 Å². The SMILES string of the molecule is COc1ccc(/C=N/[C@H]2C(O)[C@H](O)C(CO)O[C@H]2O)cc1. The first-order chi connectivity index (χ1) is 10.1. The minimum Gasteiger partial charge on any atom is -0.497 e. The van der Waals surface area contributed by atoms with Crippen LogP contribution in [0, 0.1) is 0 Å². The summed E-state index contributed by atoms with van der Waals surface area (Å²) in [6.45, 7) is -0.496. The maximum absolute atomic E-state index is 9.93. The number of aliphatic imine (C=N–C) groups is 1. The molecular weight excluding hydrogens is 278 g/mol. The van der Waals surface area contributed by atoms with Crippen molar-refractivity contribution in [1.82, 2.24) is 0 Å². The molecule has 0 amide bonds. The van der Waals surface area contributed by atoms with E-state index < -0.39 is 37.3 Å². The molecule has 1 aliphatic heterocycles. The summed E-state index contributed by atoms with van der Waals surface area (Å²) in [5, 5.41) is 38.5. The van der Waals surface area contributed by atoms with E-state index in [0.717, 1.165) is 5.56 Å². The Morgan fingerprint density at radius 1 is 1.19 bits per heavy atom. The van der Waals surface area contributed by atoms with Crippen LogP contribution in [-0.2, 0) is 4.74 Å². The lowest BCUT2D eigenvalue weighted by Crippen LogP contribution is -2.57. The number of hydrogen-bond donors (Lipinski definition) is 4. The Balaban J connectivity index is 2.08. The molecule has 0 bridgehead atoms. The van der Waals surface area contributed by atoms with Crippen molar-refractivity contribution in [3.05, 3.63) is 29.8 Å². The molecule has 1 aromatic rings. The molecule has 7 nitrogen and oxygen atoms in total. The Bertz CT molecular complexity index is 477. The predicted octanol–water partition coefficient (Wildman–Crippen LogP) is -1.09. The minimum absolute atomic E-state index is 0.496. The largest absolute Gasteiger partial charge is 0.497 e. The van der Waals surface area contributed by atoms with Crippen LogP contribution < -0.4 is 4.74 Å². The minimum atomic E-state index is -1.39. The summed E-state index contributed by atoms with van der Waals surface area (Å²) < 4.78 is 10.1. The molecule has 21 heavy (non-hydrogen) atoms. The quantitative estimate of drug-likeness (QED) is 0.526. The number of methoxy groups -OCH3 is 1. The Labute approximate surface area is 122 Å². The van der Waals surface area contributed by atoms with Gasteiger partial charge in [0.05, 0.1) is 13.7 Å². The molecule has 2 unspecified atom stereocenters. The van der Waals surface area contributed by atoms with Gasteiger partial charge in [-0.1, -0.05) is 0 Å². The lowest BCUT2D eigenvalue weighted by atomic mass is 9.97. The van der Waals surface area contributed by atoms with Crippen molar-refractivity contribution in [3.8, 4) is 5.75 Å². The van der Waals surface area contributed by atoms with Crippen LogP contribution in [0.4, 0.5) is 0 Å². The molecule has 0 spiro atoms. The summed E-state index contributed by atoms with van der Waals surface area (Å²) in [6.07, 6.45) is -3.58. The second kappa shape index (κ2) is 6.97. The van der Waals surface area contributed by atoms with Gasteiger partial charge in [0.1, 0.15) is 30.1 Å². The molecule has 0 radical (unpaired) electrons. The zero-order chi connectivity index (χ0) is 15.4. The molecule has 0 aromatic heterocycles. The molecule has 1 fully saturated rings. The second-order valence-corrected chi connectivity index (χ2v) is 4.77. The van der Waals surface area contributed by atoms with Gasteiger partial charge in [0.2, 0.25) is 0 Å². The summed E-state index contributed by atoms with van der Waals surface area (Å²) in [5.74, 6) is 0.703. The van der Waals surface area contributed by atoms with E-state index in [-0.39, 0.29) is 0 Å². The van der Waals surface area contributed by atoms with Crippen LogP contribution in [0.25, 0.3) is 0 Å². The van der Waals surface area contributed by atoms with Crippen molar-refractivity contribution in [1.29, 1.82) is 0 Å². The van der Waals surface area contributed by atoms with Crippen LogP contribution in [-0.4, -0.2) is 71.0 Å². The van der Waals surface area contributed by atoms with Crippen molar-refractivity contribution in [2.45, 2.75) is 30.6 Å².